The van der Waals surface area contributed by atoms with Gasteiger partial charge in [0.05, 0.1) is 4.90 Å². The lowest BCUT2D eigenvalue weighted by Gasteiger charge is -2.21. The van der Waals surface area contributed by atoms with Crippen molar-refractivity contribution in [2.24, 2.45) is 0 Å². The zero-order valence-corrected chi connectivity index (χ0v) is 17.3. The molecule has 2 aromatic rings. The standard InChI is InChI=1S/C21H28N2O3S/c1-5-7-13-23(6-2)21(24)18-9-8-10-19(15-18)22-27(25,26)20-14-16(3)11-12-17(20)4/h8-12,14-15,22H,5-7,13H2,1-4H3. The lowest BCUT2D eigenvalue weighted by Crippen LogP contribution is -2.31. The summed E-state index contributed by atoms with van der Waals surface area (Å²) in [7, 11) is -3.72. The Bertz CT molecular complexity index is 907. The SMILES string of the molecule is CCCCN(CC)C(=O)c1cccc(NS(=O)(=O)c2cc(C)ccc2C)c1. The second-order valence-corrected chi connectivity index (χ2v) is 8.34. The van der Waals surface area contributed by atoms with E-state index in [1.807, 2.05) is 19.9 Å². The van der Waals surface area contributed by atoms with Crippen molar-refractivity contribution in [1.29, 1.82) is 0 Å². The van der Waals surface area contributed by atoms with Crippen LogP contribution >= 0.6 is 0 Å². The van der Waals surface area contributed by atoms with Crippen LogP contribution in [-0.4, -0.2) is 32.3 Å². The molecule has 0 heterocycles. The highest BCUT2D eigenvalue weighted by molar-refractivity contribution is 7.92. The molecule has 0 unspecified atom stereocenters. The first kappa shape index (κ1) is 21.0. The summed E-state index contributed by atoms with van der Waals surface area (Å²) < 4.78 is 28.2. The van der Waals surface area contributed by atoms with E-state index in [9.17, 15) is 13.2 Å². The minimum atomic E-state index is -3.72. The first-order valence-electron chi connectivity index (χ1n) is 9.28. The molecule has 0 fully saturated rings. The Hall–Kier alpha value is -2.34. The van der Waals surface area contributed by atoms with Crippen molar-refractivity contribution in [2.45, 2.75) is 45.4 Å². The van der Waals surface area contributed by atoms with Crippen LogP contribution in [0.1, 0.15) is 48.2 Å². The highest BCUT2D eigenvalue weighted by atomic mass is 32.2. The summed E-state index contributed by atoms with van der Waals surface area (Å²) in [6, 6.07) is 12.0. The molecule has 0 aliphatic heterocycles. The van der Waals surface area contributed by atoms with E-state index in [0.717, 1.165) is 18.4 Å². The number of nitrogens with zero attached hydrogens (tertiary/aromatic N) is 1. The van der Waals surface area contributed by atoms with Crippen molar-refractivity contribution in [2.75, 3.05) is 17.8 Å². The summed E-state index contributed by atoms with van der Waals surface area (Å²) in [5.74, 6) is -0.0845. The largest absolute Gasteiger partial charge is 0.339 e. The molecule has 0 atom stereocenters. The molecule has 0 aromatic heterocycles. The molecule has 0 aliphatic rings. The Labute approximate surface area is 162 Å². The van der Waals surface area contributed by atoms with Crippen LogP contribution in [0.4, 0.5) is 5.69 Å². The fourth-order valence-corrected chi connectivity index (χ4v) is 4.24. The molecule has 6 heteroatoms. The Balaban J connectivity index is 2.27. The van der Waals surface area contributed by atoms with Gasteiger partial charge in [-0.15, -0.1) is 0 Å². The zero-order chi connectivity index (χ0) is 20.0. The molecular weight excluding hydrogens is 360 g/mol. The summed E-state index contributed by atoms with van der Waals surface area (Å²) in [5, 5.41) is 0. The quantitative estimate of drug-likeness (QED) is 0.730. The van der Waals surface area contributed by atoms with Gasteiger partial charge in [0.25, 0.3) is 15.9 Å². The van der Waals surface area contributed by atoms with Crippen molar-refractivity contribution < 1.29 is 13.2 Å². The van der Waals surface area contributed by atoms with Gasteiger partial charge in [0.2, 0.25) is 0 Å². The number of rotatable bonds is 8. The van der Waals surface area contributed by atoms with Crippen LogP contribution in [0.25, 0.3) is 0 Å². The molecule has 2 rings (SSSR count). The number of nitrogens with one attached hydrogen (secondary N) is 1. The average molecular weight is 389 g/mol. The van der Waals surface area contributed by atoms with Crippen LogP contribution in [0.2, 0.25) is 0 Å². The smallest absolute Gasteiger partial charge is 0.262 e. The van der Waals surface area contributed by atoms with Crippen LogP contribution in [0.15, 0.2) is 47.4 Å². The molecule has 5 nitrogen and oxygen atoms in total. The second kappa shape index (κ2) is 9.04. The van der Waals surface area contributed by atoms with Gasteiger partial charge in [-0.2, -0.15) is 0 Å². The van der Waals surface area contributed by atoms with E-state index in [1.165, 1.54) is 0 Å². The maximum absolute atomic E-state index is 12.8. The van der Waals surface area contributed by atoms with Gasteiger partial charge in [0, 0.05) is 24.3 Å². The number of carbonyl (C=O) groups is 1. The van der Waals surface area contributed by atoms with E-state index in [4.69, 9.17) is 0 Å². The normalized spacial score (nSPS) is 11.3. The fourth-order valence-electron chi connectivity index (χ4n) is 2.86. The van der Waals surface area contributed by atoms with Gasteiger partial charge in [-0.25, -0.2) is 8.42 Å². The predicted octanol–water partition coefficient (Wildman–Crippen LogP) is 4.37. The predicted molar refractivity (Wildman–Crippen MR) is 110 cm³/mol. The maximum atomic E-state index is 12.8. The molecule has 2 aromatic carbocycles. The molecule has 0 saturated carbocycles. The molecule has 0 radical (unpaired) electrons. The van der Waals surface area contributed by atoms with Crippen molar-refractivity contribution >= 4 is 21.6 Å². The average Bonchev–Trinajstić information content (AvgIpc) is 2.64. The highest BCUT2D eigenvalue weighted by Crippen LogP contribution is 2.21. The van der Waals surface area contributed by atoms with Gasteiger partial charge in [-0.3, -0.25) is 9.52 Å². The Kier molecular flexibility index (Phi) is 7.02. The topological polar surface area (TPSA) is 66.5 Å². The van der Waals surface area contributed by atoms with E-state index in [0.29, 0.717) is 29.9 Å². The number of hydrogen-bond donors (Lipinski definition) is 1. The fraction of sp³-hybridized carbons (Fsp3) is 0.381. The third-order valence-electron chi connectivity index (χ3n) is 4.45. The minimum absolute atomic E-state index is 0.0845. The molecule has 0 spiro atoms. The maximum Gasteiger partial charge on any atom is 0.262 e. The summed E-state index contributed by atoms with van der Waals surface area (Å²) >= 11 is 0. The van der Waals surface area contributed by atoms with E-state index in [1.54, 1.807) is 48.2 Å². The van der Waals surface area contributed by atoms with Crippen LogP contribution < -0.4 is 4.72 Å². The van der Waals surface area contributed by atoms with Crippen LogP contribution in [0.5, 0.6) is 0 Å². The van der Waals surface area contributed by atoms with Crippen molar-refractivity contribution in [3.8, 4) is 0 Å². The molecule has 0 aliphatic carbocycles. The Morgan fingerprint density at radius 2 is 1.81 bits per heavy atom. The lowest BCUT2D eigenvalue weighted by atomic mass is 10.1. The van der Waals surface area contributed by atoms with E-state index < -0.39 is 10.0 Å². The number of anilines is 1. The van der Waals surface area contributed by atoms with Crippen molar-refractivity contribution in [3.63, 3.8) is 0 Å². The number of benzene rings is 2. The molecule has 0 saturated heterocycles. The van der Waals surface area contributed by atoms with Crippen LogP contribution in [0, 0.1) is 13.8 Å². The number of carbonyl (C=O) groups excluding carboxylic acids is 1. The Morgan fingerprint density at radius 1 is 1.07 bits per heavy atom. The summed E-state index contributed by atoms with van der Waals surface area (Å²) in [5.41, 5.74) is 2.42. The van der Waals surface area contributed by atoms with Gasteiger partial charge >= 0.3 is 0 Å². The number of sulfonamides is 1. The monoisotopic (exact) mass is 388 g/mol. The summed E-state index contributed by atoms with van der Waals surface area (Å²) in [6.45, 7) is 8.97. The van der Waals surface area contributed by atoms with Gasteiger partial charge < -0.3 is 4.90 Å². The molecule has 0 bridgehead atoms. The molecule has 1 amide bonds. The van der Waals surface area contributed by atoms with Gasteiger partial charge in [0.15, 0.2) is 0 Å². The third kappa shape index (κ3) is 5.32. The number of amides is 1. The first-order chi connectivity index (χ1) is 12.8. The number of aryl methyl sites for hydroxylation is 2. The van der Waals surface area contributed by atoms with Crippen LogP contribution in [0.3, 0.4) is 0 Å². The van der Waals surface area contributed by atoms with Crippen molar-refractivity contribution in [3.05, 3.63) is 59.2 Å². The number of hydrogen-bond acceptors (Lipinski definition) is 3. The van der Waals surface area contributed by atoms with E-state index in [-0.39, 0.29) is 10.8 Å². The lowest BCUT2D eigenvalue weighted by molar-refractivity contribution is 0.0762. The molecule has 1 N–H and O–H groups in total. The summed E-state index contributed by atoms with van der Waals surface area (Å²) in [4.78, 5) is 14.7. The van der Waals surface area contributed by atoms with Gasteiger partial charge in [-0.05, 0) is 62.6 Å². The summed E-state index contributed by atoms with van der Waals surface area (Å²) in [6.07, 6.45) is 1.96. The highest BCUT2D eigenvalue weighted by Gasteiger charge is 2.19. The van der Waals surface area contributed by atoms with E-state index in [2.05, 4.69) is 11.6 Å². The molecular formula is C21H28N2O3S. The van der Waals surface area contributed by atoms with E-state index >= 15 is 0 Å². The third-order valence-corrected chi connectivity index (χ3v) is 5.97. The Morgan fingerprint density at radius 3 is 2.48 bits per heavy atom. The molecule has 27 heavy (non-hydrogen) atoms. The van der Waals surface area contributed by atoms with Crippen molar-refractivity contribution in [1.82, 2.24) is 4.90 Å². The zero-order valence-electron chi connectivity index (χ0n) is 16.5. The minimum Gasteiger partial charge on any atom is -0.339 e. The number of unbranched alkanes of at least 4 members (excludes halogenated alkanes) is 1. The molecule has 146 valence electrons. The van der Waals surface area contributed by atoms with Gasteiger partial charge in [0.1, 0.15) is 0 Å². The van der Waals surface area contributed by atoms with Crippen LogP contribution in [-0.2, 0) is 10.0 Å². The first-order valence-corrected chi connectivity index (χ1v) is 10.8. The van der Waals surface area contributed by atoms with Gasteiger partial charge in [-0.1, -0.05) is 31.5 Å². The second-order valence-electron chi connectivity index (χ2n) is 6.69.